The fourth-order valence-electron chi connectivity index (χ4n) is 1.50. The zero-order chi connectivity index (χ0) is 36.9. The normalized spacial score (nSPS) is 7.73. The molecule has 0 saturated carbocycles. The third-order valence-corrected chi connectivity index (χ3v) is 4.69. The molecular weight excluding hydrogens is 564 g/mol. The van der Waals surface area contributed by atoms with Gasteiger partial charge < -0.3 is 14.3 Å². The molecule has 256 valence electrons. The van der Waals surface area contributed by atoms with Gasteiger partial charge in [0.1, 0.15) is 6.79 Å². The summed E-state index contributed by atoms with van der Waals surface area (Å²) in [4.78, 5) is 18.9. The molecule has 1 aromatic carbocycles. The summed E-state index contributed by atoms with van der Waals surface area (Å²) in [6.45, 7) is 32.2. The zero-order valence-electron chi connectivity index (χ0n) is 32.0. The Bertz CT molecular complexity index is 872. The minimum Gasteiger partial charge on any atom is -0.493 e. The monoisotopic (exact) mass is 634 g/mol. The number of unbranched alkanes of at least 4 members (excludes halogenated alkanes) is 1. The van der Waals surface area contributed by atoms with Crippen molar-refractivity contribution in [2.45, 2.75) is 130 Å². The molecular formula is C39H70O4S. The van der Waals surface area contributed by atoms with Gasteiger partial charge in [-0.2, -0.15) is 0 Å². The van der Waals surface area contributed by atoms with Gasteiger partial charge in [0, 0.05) is 17.6 Å². The molecule has 0 aliphatic heterocycles. The molecule has 0 saturated heterocycles. The predicted octanol–water partition coefficient (Wildman–Crippen LogP) is 11.7. The van der Waals surface area contributed by atoms with Crippen LogP contribution in [-0.4, -0.2) is 32.4 Å². The van der Waals surface area contributed by atoms with E-state index >= 15 is 0 Å². The Morgan fingerprint density at radius 2 is 1.25 bits per heavy atom. The summed E-state index contributed by atoms with van der Waals surface area (Å²) in [7, 11) is 3.20. The van der Waals surface area contributed by atoms with Crippen LogP contribution in [0.25, 0.3) is 0 Å². The number of carbonyl (C=O) groups excluding carboxylic acids is 2. The van der Waals surface area contributed by atoms with E-state index in [-0.39, 0.29) is 11.0 Å². The Labute approximate surface area is 281 Å². The van der Waals surface area contributed by atoms with Crippen LogP contribution in [0, 0.1) is 42.4 Å². The largest absolute Gasteiger partial charge is 0.493 e. The van der Waals surface area contributed by atoms with Crippen LogP contribution >= 0.6 is 11.8 Å². The van der Waals surface area contributed by atoms with E-state index in [1.54, 1.807) is 20.5 Å². The maximum atomic E-state index is 10.9. The number of ether oxygens (including phenoxy) is 2. The predicted molar refractivity (Wildman–Crippen MR) is 204 cm³/mol. The third kappa shape index (κ3) is 51.6. The van der Waals surface area contributed by atoms with Crippen molar-refractivity contribution in [1.82, 2.24) is 0 Å². The number of carbonyl (C=O) groups is 2. The van der Waals surface area contributed by atoms with Crippen molar-refractivity contribution in [3.8, 4) is 48.0 Å². The van der Waals surface area contributed by atoms with Crippen LogP contribution in [0.5, 0.6) is 11.5 Å². The molecule has 0 bridgehead atoms. The lowest BCUT2D eigenvalue weighted by Crippen LogP contribution is -1.93. The van der Waals surface area contributed by atoms with Crippen LogP contribution in [0.3, 0.4) is 0 Å². The molecule has 0 aliphatic carbocycles. The molecule has 1 aromatic rings. The molecule has 0 amide bonds. The molecule has 0 aliphatic rings. The summed E-state index contributed by atoms with van der Waals surface area (Å²) in [5.41, 5.74) is 2.84. The Morgan fingerprint density at radius 1 is 0.864 bits per heavy atom. The third-order valence-electron chi connectivity index (χ3n) is 4.01. The lowest BCUT2D eigenvalue weighted by atomic mass is 10.1. The van der Waals surface area contributed by atoms with Gasteiger partial charge in [-0.15, -0.1) is 18.8 Å². The van der Waals surface area contributed by atoms with E-state index < -0.39 is 0 Å². The second-order valence-corrected chi connectivity index (χ2v) is 8.39. The van der Waals surface area contributed by atoms with Crippen molar-refractivity contribution in [3.05, 3.63) is 34.9 Å². The number of thioether (sulfide) groups is 1. The van der Waals surface area contributed by atoms with E-state index in [2.05, 4.69) is 51.4 Å². The van der Waals surface area contributed by atoms with Crippen LogP contribution in [-0.2, 0) is 9.59 Å². The molecule has 0 spiro atoms. The second-order valence-electron chi connectivity index (χ2n) is 7.61. The van der Waals surface area contributed by atoms with Gasteiger partial charge in [0.15, 0.2) is 11.5 Å². The van der Waals surface area contributed by atoms with E-state index in [1.807, 2.05) is 101 Å². The minimum absolute atomic E-state index is 0.0481. The number of methoxy groups -OCH3 is 2. The van der Waals surface area contributed by atoms with Gasteiger partial charge in [0.25, 0.3) is 0 Å². The number of benzene rings is 1. The van der Waals surface area contributed by atoms with E-state index in [0.717, 1.165) is 23.1 Å². The fraction of sp³-hybridized carbons (Fsp3) is 0.590. The molecule has 4 nitrogen and oxygen atoms in total. The number of terminal acetylenes is 2. The van der Waals surface area contributed by atoms with Gasteiger partial charge in [-0.3, -0.25) is 4.79 Å². The second kappa shape index (κ2) is 59.4. The highest BCUT2D eigenvalue weighted by atomic mass is 32.2. The summed E-state index contributed by atoms with van der Waals surface area (Å²) in [6, 6.07) is 5.52. The first-order chi connectivity index (χ1) is 21.0. The topological polar surface area (TPSA) is 52.6 Å². The number of allylic oxidation sites excluding steroid dienone is 1. The lowest BCUT2D eigenvalue weighted by molar-refractivity contribution is -0.107. The van der Waals surface area contributed by atoms with E-state index in [0.29, 0.717) is 11.5 Å². The van der Waals surface area contributed by atoms with Crippen LogP contribution < -0.4 is 9.47 Å². The van der Waals surface area contributed by atoms with Crippen LogP contribution in [0.1, 0.15) is 135 Å². The fourth-order valence-corrected chi connectivity index (χ4v) is 2.01. The van der Waals surface area contributed by atoms with Gasteiger partial charge in [-0.05, 0) is 52.1 Å². The van der Waals surface area contributed by atoms with E-state index in [9.17, 15) is 4.79 Å². The quantitative estimate of drug-likeness (QED) is 0.244. The Balaban J connectivity index is -0.0000000656. The molecule has 0 aromatic heterocycles. The maximum Gasteiger partial charge on any atom is 0.214 e. The van der Waals surface area contributed by atoms with Crippen LogP contribution in [0.15, 0.2) is 29.3 Å². The number of hydrogen-bond donors (Lipinski definition) is 0. The van der Waals surface area contributed by atoms with E-state index in [1.165, 1.54) is 31.0 Å². The molecule has 0 radical (unpaired) electrons. The first-order valence-electron chi connectivity index (χ1n) is 15.7. The minimum atomic E-state index is -0.0481. The Hall–Kier alpha value is -3.07. The molecule has 44 heavy (non-hydrogen) atoms. The summed E-state index contributed by atoms with van der Waals surface area (Å²) >= 11 is 1.26. The highest BCUT2D eigenvalue weighted by Crippen LogP contribution is 2.27. The SMILES string of the molecule is C#CC(C)C#Cc1ccc(OC)c(OC)c1.C#CCC.C=O.CC.CC.CC.CCC.CCCC.CSC(=O)C(C)=C(C)C. The van der Waals surface area contributed by atoms with Crippen molar-refractivity contribution < 1.29 is 19.1 Å². The lowest BCUT2D eigenvalue weighted by Gasteiger charge is -2.06. The first-order valence-corrected chi connectivity index (χ1v) is 16.9. The average Bonchev–Trinajstić information content (AvgIpc) is 3.10. The Kier molecular flexibility index (Phi) is 81.2. The standard InChI is InChI=1S/C14H14O2.C7H12OS.C4H10.C4H6.C3H8.3C2H6.CH2O/c1-5-11(2)6-7-12-8-9-13(15-3)14(10-12)16-4;1-5(2)6(3)7(8)9-4;2*1-3-4-2;1-3-2;4*1-2/h1,8-11H,2-4H3;1-4H3;3-4H2,1-2H3;1H,4H2,2H3;3H2,1-2H3;3*1-2H3;1H2. The first kappa shape index (κ1) is 60.2. The molecule has 0 fully saturated rings. The highest BCUT2D eigenvalue weighted by Gasteiger charge is 2.03. The van der Waals surface area contributed by atoms with E-state index in [4.69, 9.17) is 27.1 Å². The summed E-state index contributed by atoms with van der Waals surface area (Å²) in [6.07, 6.45) is 16.6. The van der Waals surface area contributed by atoms with Gasteiger partial charge >= 0.3 is 0 Å². The van der Waals surface area contributed by atoms with Gasteiger partial charge in [-0.1, -0.05) is 131 Å². The zero-order valence-corrected chi connectivity index (χ0v) is 32.9. The average molecular weight is 635 g/mol. The van der Waals surface area contributed by atoms with Crippen molar-refractivity contribution in [3.63, 3.8) is 0 Å². The van der Waals surface area contributed by atoms with Crippen LogP contribution in [0.2, 0.25) is 0 Å². The molecule has 1 atom stereocenters. The molecule has 1 rings (SSSR count). The van der Waals surface area contributed by atoms with Crippen molar-refractivity contribution in [2.24, 2.45) is 5.92 Å². The van der Waals surface area contributed by atoms with Crippen molar-refractivity contribution >= 4 is 23.7 Å². The maximum absolute atomic E-state index is 10.9. The highest BCUT2D eigenvalue weighted by molar-refractivity contribution is 8.13. The van der Waals surface area contributed by atoms with Crippen molar-refractivity contribution in [1.29, 1.82) is 0 Å². The van der Waals surface area contributed by atoms with Crippen molar-refractivity contribution in [2.75, 3.05) is 20.5 Å². The summed E-state index contributed by atoms with van der Waals surface area (Å²) in [5, 5.41) is 0.176. The summed E-state index contributed by atoms with van der Waals surface area (Å²) < 4.78 is 10.3. The molecule has 0 N–H and O–H groups in total. The molecule has 0 heterocycles. The van der Waals surface area contributed by atoms with Gasteiger partial charge in [0.05, 0.1) is 20.1 Å². The van der Waals surface area contributed by atoms with Crippen LogP contribution in [0.4, 0.5) is 0 Å². The Morgan fingerprint density at radius 3 is 1.48 bits per heavy atom. The number of rotatable bonds is 4. The molecule has 1 unspecified atom stereocenters. The molecule has 5 heteroatoms. The van der Waals surface area contributed by atoms with Gasteiger partial charge in [-0.25, -0.2) is 0 Å². The summed E-state index contributed by atoms with van der Waals surface area (Å²) in [5.74, 6) is 12.2. The smallest absolute Gasteiger partial charge is 0.214 e. The van der Waals surface area contributed by atoms with Gasteiger partial charge in [0.2, 0.25) is 5.12 Å². The number of hydrogen-bond acceptors (Lipinski definition) is 5.